The molecular formula is C15H18N2. The maximum Gasteiger partial charge on any atom is 0.0705 e. The summed E-state index contributed by atoms with van der Waals surface area (Å²) in [6.45, 7) is 2.33. The van der Waals surface area contributed by atoms with E-state index in [2.05, 4.69) is 41.7 Å². The van der Waals surface area contributed by atoms with Crippen molar-refractivity contribution < 1.29 is 0 Å². The van der Waals surface area contributed by atoms with Crippen LogP contribution in [-0.2, 0) is 6.42 Å². The highest BCUT2D eigenvalue weighted by Crippen LogP contribution is 2.18. The number of hydrogen-bond donors (Lipinski definition) is 1. The maximum absolute atomic E-state index is 4.74. The monoisotopic (exact) mass is 226 g/mol. The summed E-state index contributed by atoms with van der Waals surface area (Å²) in [6.07, 6.45) is 3.75. The number of fused-ring (bicyclic) bond motifs is 1. The van der Waals surface area contributed by atoms with Gasteiger partial charge in [0.05, 0.1) is 5.52 Å². The molecule has 0 amide bonds. The lowest BCUT2D eigenvalue weighted by Gasteiger charge is -2.22. The van der Waals surface area contributed by atoms with Crippen LogP contribution in [0.3, 0.4) is 0 Å². The Morgan fingerprint density at radius 1 is 1.18 bits per heavy atom. The van der Waals surface area contributed by atoms with Gasteiger partial charge in [0.15, 0.2) is 0 Å². The lowest BCUT2D eigenvalue weighted by molar-refractivity contribution is 0.374. The Kier molecular flexibility index (Phi) is 3.06. The summed E-state index contributed by atoms with van der Waals surface area (Å²) in [4.78, 5) is 4.74. The van der Waals surface area contributed by atoms with E-state index in [1.54, 1.807) is 0 Å². The molecule has 17 heavy (non-hydrogen) atoms. The molecule has 0 bridgehead atoms. The fourth-order valence-corrected chi connectivity index (χ4v) is 2.62. The van der Waals surface area contributed by atoms with E-state index >= 15 is 0 Å². The van der Waals surface area contributed by atoms with Crippen molar-refractivity contribution in [2.75, 3.05) is 13.1 Å². The van der Waals surface area contributed by atoms with E-state index in [4.69, 9.17) is 4.98 Å². The molecule has 0 radical (unpaired) electrons. The normalized spacial score (nSPS) is 20.6. The van der Waals surface area contributed by atoms with E-state index in [0.717, 1.165) is 24.4 Å². The minimum atomic E-state index is 0.761. The average molecular weight is 226 g/mol. The molecule has 1 aromatic heterocycles. The van der Waals surface area contributed by atoms with Gasteiger partial charge in [-0.15, -0.1) is 0 Å². The van der Waals surface area contributed by atoms with Crippen LogP contribution in [0.4, 0.5) is 0 Å². The van der Waals surface area contributed by atoms with Crippen LogP contribution >= 0.6 is 0 Å². The van der Waals surface area contributed by atoms with Gasteiger partial charge in [-0.3, -0.25) is 4.98 Å². The molecular weight excluding hydrogens is 208 g/mol. The highest BCUT2D eigenvalue weighted by atomic mass is 14.9. The largest absolute Gasteiger partial charge is 0.316 e. The number of nitrogens with one attached hydrogen (secondary N) is 1. The number of hydrogen-bond acceptors (Lipinski definition) is 2. The molecule has 3 rings (SSSR count). The van der Waals surface area contributed by atoms with E-state index in [0.29, 0.717) is 0 Å². The number of para-hydroxylation sites is 1. The Hall–Kier alpha value is -1.41. The molecule has 0 saturated carbocycles. The zero-order valence-electron chi connectivity index (χ0n) is 10.0. The number of rotatable bonds is 2. The van der Waals surface area contributed by atoms with Gasteiger partial charge in [0.1, 0.15) is 0 Å². The van der Waals surface area contributed by atoms with Gasteiger partial charge in [-0.05, 0) is 50.4 Å². The summed E-state index contributed by atoms with van der Waals surface area (Å²) in [5, 5.41) is 4.70. The number of aromatic nitrogens is 1. The van der Waals surface area contributed by atoms with Gasteiger partial charge in [0.2, 0.25) is 0 Å². The second-order valence-corrected chi connectivity index (χ2v) is 4.91. The van der Waals surface area contributed by atoms with Crippen LogP contribution in [0.15, 0.2) is 36.4 Å². The van der Waals surface area contributed by atoms with Gasteiger partial charge in [0, 0.05) is 11.1 Å². The van der Waals surface area contributed by atoms with Crippen LogP contribution in [0, 0.1) is 5.92 Å². The molecule has 1 aliphatic rings. The van der Waals surface area contributed by atoms with E-state index in [9.17, 15) is 0 Å². The molecule has 0 aliphatic carbocycles. The molecule has 1 atom stereocenters. The molecule has 2 heterocycles. The third-order valence-corrected chi connectivity index (χ3v) is 3.55. The molecule has 1 saturated heterocycles. The third kappa shape index (κ3) is 2.47. The minimum Gasteiger partial charge on any atom is -0.316 e. The van der Waals surface area contributed by atoms with E-state index in [1.165, 1.54) is 30.5 Å². The van der Waals surface area contributed by atoms with Crippen molar-refractivity contribution in [3.8, 4) is 0 Å². The van der Waals surface area contributed by atoms with Crippen LogP contribution in [0.5, 0.6) is 0 Å². The quantitative estimate of drug-likeness (QED) is 0.851. The van der Waals surface area contributed by atoms with E-state index < -0.39 is 0 Å². The van der Waals surface area contributed by atoms with E-state index in [-0.39, 0.29) is 0 Å². The highest BCUT2D eigenvalue weighted by molar-refractivity contribution is 5.78. The number of pyridine rings is 1. The maximum atomic E-state index is 4.74. The van der Waals surface area contributed by atoms with Crippen molar-refractivity contribution in [2.45, 2.75) is 19.3 Å². The van der Waals surface area contributed by atoms with Gasteiger partial charge < -0.3 is 5.32 Å². The van der Waals surface area contributed by atoms with Crippen molar-refractivity contribution >= 4 is 10.9 Å². The van der Waals surface area contributed by atoms with Crippen molar-refractivity contribution in [3.05, 3.63) is 42.1 Å². The first kappa shape index (κ1) is 10.7. The van der Waals surface area contributed by atoms with Gasteiger partial charge in [0.25, 0.3) is 0 Å². The predicted molar refractivity (Wildman–Crippen MR) is 71.0 cm³/mol. The summed E-state index contributed by atoms with van der Waals surface area (Å²) in [6, 6.07) is 12.7. The highest BCUT2D eigenvalue weighted by Gasteiger charge is 2.14. The molecule has 88 valence electrons. The third-order valence-electron chi connectivity index (χ3n) is 3.55. The summed E-state index contributed by atoms with van der Waals surface area (Å²) in [7, 11) is 0. The summed E-state index contributed by atoms with van der Waals surface area (Å²) >= 11 is 0. The zero-order valence-corrected chi connectivity index (χ0v) is 10.0. The van der Waals surface area contributed by atoms with Gasteiger partial charge >= 0.3 is 0 Å². The lowest BCUT2D eigenvalue weighted by Crippen LogP contribution is -2.31. The Bertz CT molecular complexity index is 501. The van der Waals surface area contributed by atoms with Crippen LogP contribution in [0.2, 0.25) is 0 Å². The zero-order chi connectivity index (χ0) is 11.5. The fourth-order valence-electron chi connectivity index (χ4n) is 2.62. The number of piperidine rings is 1. The SMILES string of the molecule is c1ccc2nc(CC3CCCNC3)ccc2c1. The first-order chi connectivity index (χ1) is 8.42. The van der Waals surface area contributed by atoms with Crippen LogP contribution in [-0.4, -0.2) is 18.1 Å². The summed E-state index contributed by atoms with van der Waals surface area (Å²) < 4.78 is 0. The molecule has 2 heteroatoms. The lowest BCUT2D eigenvalue weighted by atomic mass is 9.94. The molecule has 1 fully saturated rings. The molecule has 1 aliphatic heterocycles. The topological polar surface area (TPSA) is 24.9 Å². The predicted octanol–water partition coefficient (Wildman–Crippen LogP) is 2.78. The second-order valence-electron chi connectivity index (χ2n) is 4.91. The second kappa shape index (κ2) is 4.84. The first-order valence-corrected chi connectivity index (χ1v) is 6.47. The molecule has 2 nitrogen and oxygen atoms in total. The molecule has 1 N–H and O–H groups in total. The molecule has 1 unspecified atom stereocenters. The van der Waals surface area contributed by atoms with Crippen LogP contribution < -0.4 is 5.32 Å². The smallest absolute Gasteiger partial charge is 0.0705 e. The fraction of sp³-hybridized carbons (Fsp3) is 0.400. The summed E-state index contributed by atoms with van der Waals surface area (Å²) in [5.41, 5.74) is 2.35. The number of nitrogens with zero attached hydrogens (tertiary/aromatic N) is 1. The molecule has 1 aromatic carbocycles. The Balaban J connectivity index is 1.80. The first-order valence-electron chi connectivity index (χ1n) is 6.47. The molecule has 0 spiro atoms. The number of benzene rings is 1. The van der Waals surface area contributed by atoms with Crippen LogP contribution in [0.25, 0.3) is 10.9 Å². The van der Waals surface area contributed by atoms with Crippen molar-refractivity contribution in [1.82, 2.24) is 10.3 Å². The minimum absolute atomic E-state index is 0.761. The standard InChI is InChI=1S/C15H18N2/c1-2-6-15-13(5-1)7-8-14(17-15)10-12-4-3-9-16-11-12/h1-2,5-8,12,16H,3-4,9-11H2. The Morgan fingerprint density at radius 2 is 2.12 bits per heavy atom. The summed E-state index contributed by atoms with van der Waals surface area (Å²) in [5.74, 6) is 0.761. The van der Waals surface area contributed by atoms with Crippen molar-refractivity contribution in [2.24, 2.45) is 5.92 Å². The van der Waals surface area contributed by atoms with Crippen LogP contribution in [0.1, 0.15) is 18.5 Å². The van der Waals surface area contributed by atoms with Gasteiger partial charge in [-0.2, -0.15) is 0 Å². The Labute approximate surface area is 102 Å². The van der Waals surface area contributed by atoms with Crippen molar-refractivity contribution in [3.63, 3.8) is 0 Å². The molecule has 2 aromatic rings. The Morgan fingerprint density at radius 3 is 3.00 bits per heavy atom. The van der Waals surface area contributed by atoms with Crippen molar-refractivity contribution in [1.29, 1.82) is 0 Å². The van der Waals surface area contributed by atoms with Gasteiger partial charge in [-0.1, -0.05) is 24.3 Å². The average Bonchev–Trinajstić information content (AvgIpc) is 2.40. The van der Waals surface area contributed by atoms with E-state index in [1.807, 2.05) is 0 Å². The van der Waals surface area contributed by atoms with Gasteiger partial charge in [-0.25, -0.2) is 0 Å².